The largest absolute Gasteiger partial charge is 0.0888 e. The lowest BCUT2D eigenvalue weighted by Gasteiger charge is -2.31. The van der Waals surface area contributed by atoms with Crippen molar-refractivity contribution >= 4 is 22.5 Å². The van der Waals surface area contributed by atoms with Crippen LogP contribution in [0.15, 0.2) is 155 Å². The number of hydrogen-bond acceptors (Lipinski definition) is 1. The molecule has 0 unspecified atom stereocenters. The van der Waals surface area contributed by atoms with E-state index in [2.05, 4.69) is 146 Å². The van der Waals surface area contributed by atoms with Gasteiger partial charge in [-0.2, -0.15) is 0 Å². The summed E-state index contributed by atoms with van der Waals surface area (Å²) in [5.41, 5.74) is 15.9. The molecule has 0 bridgehead atoms. The molecule has 1 heterocycles. The van der Waals surface area contributed by atoms with Crippen molar-refractivity contribution in [3.05, 3.63) is 168 Å². The molecule has 0 N–H and O–H groups in total. The van der Waals surface area contributed by atoms with Crippen molar-refractivity contribution in [2.45, 2.75) is 15.2 Å². The lowest BCUT2D eigenvalue weighted by atomic mass is 9.70. The first-order valence-corrected chi connectivity index (χ1v) is 15.4. The van der Waals surface area contributed by atoms with Gasteiger partial charge in [0.15, 0.2) is 0 Å². The minimum atomic E-state index is -0.328. The van der Waals surface area contributed by atoms with Crippen molar-refractivity contribution in [1.82, 2.24) is 0 Å². The SMILES string of the molecule is c1ccc2c(c1)-c1ccccc1C21c2ccccc2-c2ccc(-c3cccc4c3-c3cccc5cccc(c35)S4)cc21. The van der Waals surface area contributed by atoms with E-state index >= 15 is 0 Å². The predicted octanol–water partition coefficient (Wildman–Crippen LogP) is 11.0. The molecule has 1 aliphatic heterocycles. The Hall–Kier alpha value is -4.85. The lowest BCUT2D eigenvalue weighted by molar-refractivity contribution is 0.794. The van der Waals surface area contributed by atoms with Gasteiger partial charge < -0.3 is 0 Å². The van der Waals surface area contributed by atoms with Crippen molar-refractivity contribution in [3.8, 4) is 44.5 Å². The van der Waals surface area contributed by atoms with E-state index in [0.717, 1.165) is 0 Å². The van der Waals surface area contributed by atoms with E-state index in [0.29, 0.717) is 0 Å². The minimum Gasteiger partial charge on any atom is -0.0888 e. The van der Waals surface area contributed by atoms with Crippen LogP contribution in [-0.2, 0) is 5.41 Å². The average Bonchev–Trinajstić information content (AvgIpc) is 3.52. The van der Waals surface area contributed by atoms with Gasteiger partial charge in [-0.15, -0.1) is 0 Å². The molecule has 0 saturated heterocycles. The Kier molecular flexibility index (Phi) is 4.41. The van der Waals surface area contributed by atoms with Crippen molar-refractivity contribution in [1.29, 1.82) is 0 Å². The Balaban J connectivity index is 1.29. The van der Waals surface area contributed by atoms with Crippen LogP contribution in [0.3, 0.4) is 0 Å². The third-order valence-corrected chi connectivity index (χ3v) is 10.8. The fourth-order valence-electron chi connectivity index (χ4n) is 8.12. The maximum absolute atomic E-state index is 2.51. The topological polar surface area (TPSA) is 0 Å². The van der Waals surface area contributed by atoms with Crippen LogP contribution in [0.2, 0.25) is 0 Å². The second-order valence-electron chi connectivity index (χ2n) is 11.6. The van der Waals surface area contributed by atoms with E-state index in [4.69, 9.17) is 0 Å². The summed E-state index contributed by atoms with van der Waals surface area (Å²) < 4.78 is 0. The van der Waals surface area contributed by atoms with E-state index in [1.165, 1.54) is 87.3 Å². The van der Waals surface area contributed by atoms with Crippen LogP contribution in [-0.4, -0.2) is 0 Å². The van der Waals surface area contributed by atoms with E-state index in [-0.39, 0.29) is 5.41 Å². The van der Waals surface area contributed by atoms with E-state index in [1.807, 2.05) is 11.8 Å². The van der Waals surface area contributed by atoms with Crippen LogP contribution in [0.25, 0.3) is 55.3 Å². The van der Waals surface area contributed by atoms with Gasteiger partial charge in [0, 0.05) is 20.7 Å². The second kappa shape index (κ2) is 8.12. The molecule has 0 atom stereocenters. The Morgan fingerprint density at radius 1 is 0.381 bits per heavy atom. The summed E-state index contributed by atoms with van der Waals surface area (Å²) in [7, 11) is 0. The minimum absolute atomic E-state index is 0.328. The van der Waals surface area contributed by atoms with Gasteiger partial charge in [0.1, 0.15) is 0 Å². The summed E-state index contributed by atoms with van der Waals surface area (Å²) in [6.45, 7) is 0. The van der Waals surface area contributed by atoms with E-state index in [1.54, 1.807) is 0 Å². The van der Waals surface area contributed by atoms with Gasteiger partial charge in [-0.3, -0.25) is 0 Å². The summed E-state index contributed by atoms with van der Waals surface area (Å²) in [5, 5.41) is 2.68. The van der Waals surface area contributed by atoms with Gasteiger partial charge in [-0.1, -0.05) is 139 Å². The van der Waals surface area contributed by atoms with Gasteiger partial charge in [0.25, 0.3) is 0 Å². The molecule has 0 fully saturated rings. The first-order valence-electron chi connectivity index (χ1n) is 14.6. The first-order chi connectivity index (χ1) is 20.8. The molecule has 42 heavy (non-hydrogen) atoms. The van der Waals surface area contributed by atoms with Crippen molar-refractivity contribution in [3.63, 3.8) is 0 Å². The maximum atomic E-state index is 2.51. The molecule has 0 saturated carbocycles. The van der Waals surface area contributed by atoms with Gasteiger partial charge in [-0.05, 0) is 84.8 Å². The van der Waals surface area contributed by atoms with Crippen LogP contribution in [0.5, 0.6) is 0 Å². The van der Waals surface area contributed by atoms with Gasteiger partial charge in [-0.25, -0.2) is 0 Å². The molecular formula is C41H24S. The zero-order valence-corrected chi connectivity index (χ0v) is 23.6. The van der Waals surface area contributed by atoms with Gasteiger partial charge in [0.05, 0.1) is 5.41 Å². The number of fused-ring (bicyclic) bond motifs is 12. The predicted molar refractivity (Wildman–Crippen MR) is 175 cm³/mol. The molecule has 194 valence electrons. The zero-order valence-electron chi connectivity index (χ0n) is 22.8. The molecule has 1 spiro atoms. The second-order valence-corrected chi connectivity index (χ2v) is 12.7. The third kappa shape index (κ3) is 2.70. The average molecular weight is 549 g/mol. The highest BCUT2D eigenvalue weighted by Crippen LogP contribution is 2.63. The van der Waals surface area contributed by atoms with Gasteiger partial charge >= 0.3 is 0 Å². The number of benzene rings is 7. The maximum Gasteiger partial charge on any atom is 0.0725 e. The van der Waals surface area contributed by atoms with Gasteiger partial charge in [0.2, 0.25) is 0 Å². The summed E-state index contributed by atoms with van der Waals surface area (Å²) in [5.74, 6) is 0. The van der Waals surface area contributed by atoms with Crippen molar-refractivity contribution in [2.24, 2.45) is 0 Å². The Bertz CT molecular complexity index is 2220. The highest BCUT2D eigenvalue weighted by molar-refractivity contribution is 7.99. The third-order valence-electron chi connectivity index (χ3n) is 9.69. The van der Waals surface area contributed by atoms with Crippen molar-refractivity contribution < 1.29 is 0 Å². The highest BCUT2D eigenvalue weighted by atomic mass is 32.2. The molecule has 2 aliphatic carbocycles. The molecule has 7 aromatic carbocycles. The van der Waals surface area contributed by atoms with Crippen LogP contribution in [0.1, 0.15) is 22.3 Å². The molecule has 0 nitrogen and oxygen atoms in total. The molecular weight excluding hydrogens is 525 g/mol. The van der Waals surface area contributed by atoms with Crippen LogP contribution < -0.4 is 0 Å². The first kappa shape index (κ1) is 22.8. The monoisotopic (exact) mass is 548 g/mol. The molecule has 1 heteroatoms. The van der Waals surface area contributed by atoms with Crippen molar-refractivity contribution in [2.75, 3.05) is 0 Å². The molecule has 0 aromatic heterocycles. The van der Waals surface area contributed by atoms with Crippen LogP contribution >= 0.6 is 11.8 Å². The summed E-state index contributed by atoms with van der Waals surface area (Å²) in [6, 6.07) is 54.6. The van der Waals surface area contributed by atoms with Crippen LogP contribution in [0.4, 0.5) is 0 Å². The molecule has 0 radical (unpaired) electrons. The molecule has 3 aliphatic rings. The quantitative estimate of drug-likeness (QED) is 0.197. The fraction of sp³-hybridized carbons (Fsp3) is 0.0244. The standard InChI is InChI=1S/C41H24S/c1-4-17-33-28(12-1)29-13-2-5-18-34(29)41(33)35-19-6-3-14-30(35)31-23-22-26(24-36(31)41)27-15-9-21-38-40(27)32-16-7-10-25-11-8-20-37(42-38)39(25)32/h1-24H. The highest BCUT2D eigenvalue weighted by Gasteiger charge is 2.51. The summed E-state index contributed by atoms with van der Waals surface area (Å²) in [4.78, 5) is 2.67. The summed E-state index contributed by atoms with van der Waals surface area (Å²) in [6.07, 6.45) is 0. The smallest absolute Gasteiger partial charge is 0.0725 e. The Morgan fingerprint density at radius 2 is 0.905 bits per heavy atom. The van der Waals surface area contributed by atoms with E-state index < -0.39 is 0 Å². The number of rotatable bonds is 1. The fourth-order valence-corrected chi connectivity index (χ4v) is 9.30. The summed E-state index contributed by atoms with van der Waals surface area (Å²) >= 11 is 1.90. The zero-order chi connectivity index (χ0) is 27.4. The number of hydrogen-bond donors (Lipinski definition) is 0. The van der Waals surface area contributed by atoms with E-state index in [9.17, 15) is 0 Å². The normalized spacial score (nSPS) is 14.3. The van der Waals surface area contributed by atoms with Crippen LogP contribution in [0, 0.1) is 0 Å². The molecule has 0 amide bonds. The lowest BCUT2D eigenvalue weighted by Crippen LogP contribution is -2.25. The Morgan fingerprint density at radius 3 is 1.60 bits per heavy atom. The molecule has 7 aromatic rings. The Labute approximate surface area is 249 Å². The molecule has 10 rings (SSSR count).